The van der Waals surface area contributed by atoms with Crippen molar-refractivity contribution >= 4 is 5.69 Å². The standard InChI is InChI=1S/C17H28N2/c1-13-11-18(6)12-14(2)19(13)16-9-7-15(8-10-16)17(3,4)5/h7-10,13-14H,11-12H2,1-6H3. The van der Waals surface area contributed by atoms with Crippen LogP contribution in [0.1, 0.15) is 40.2 Å². The molecule has 2 heteroatoms. The lowest BCUT2D eigenvalue weighted by atomic mass is 9.87. The van der Waals surface area contributed by atoms with Gasteiger partial charge in [-0.25, -0.2) is 0 Å². The minimum Gasteiger partial charge on any atom is -0.364 e. The van der Waals surface area contributed by atoms with Gasteiger partial charge in [0.25, 0.3) is 0 Å². The highest BCUT2D eigenvalue weighted by Gasteiger charge is 2.27. The number of piperazine rings is 1. The van der Waals surface area contributed by atoms with Gasteiger partial charge in [-0.2, -0.15) is 0 Å². The van der Waals surface area contributed by atoms with Crippen LogP contribution in [0.3, 0.4) is 0 Å². The molecule has 0 saturated carbocycles. The van der Waals surface area contributed by atoms with Crippen molar-refractivity contribution in [2.75, 3.05) is 25.0 Å². The Morgan fingerprint density at radius 3 is 1.84 bits per heavy atom. The first kappa shape index (κ1) is 14.4. The molecule has 1 heterocycles. The van der Waals surface area contributed by atoms with E-state index in [-0.39, 0.29) is 5.41 Å². The number of benzene rings is 1. The smallest absolute Gasteiger partial charge is 0.0392 e. The van der Waals surface area contributed by atoms with Crippen LogP contribution in [0.5, 0.6) is 0 Å². The molecule has 1 aliphatic heterocycles. The average Bonchev–Trinajstić information content (AvgIpc) is 2.27. The van der Waals surface area contributed by atoms with Crippen molar-refractivity contribution < 1.29 is 0 Å². The molecule has 0 aromatic heterocycles. The van der Waals surface area contributed by atoms with Crippen molar-refractivity contribution in [1.29, 1.82) is 0 Å². The van der Waals surface area contributed by atoms with Crippen LogP contribution in [0.2, 0.25) is 0 Å². The van der Waals surface area contributed by atoms with E-state index in [2.05, 4.69) is 75.7 Å². The van der Waals surface area contributed by atoms with Gasteiger partial charge in [0.2, 0.25) is 0 Å². The number of hydrogen-bond acceptors (Lipinski definition) is 2. The van der Waals surface area contributed by atoms with Crippen LogP contribution >= 0.6 is 0 Å². The highest BCUT2D eigenvalue weighted by Crippen LogP contribution is 2.28. The Labute approximate surface area is 118 Å². The first-order valence-corrected chi connectivity index (χ1v) is 7.36. The summed E-state index contributed by atoms with van der Waals surface area (Å²) >= 11 is 0. The van der Waals surface area contributed by atoms with Crippen molar-refractivity contribution in [3.05, 3.63) is 29.8 Å². The van der Waals surface area contributed by atoms with Crippen molar-refractivity contribution in [1.82, 2.24) is 4.90 Å². The normalized spacial score (nSPS) is 25.7. The summed E-state index contributed by atoms with van der Waals surface area (Å²) in [5.41, 5.74) is 3.00. The molecule has 19 heavy (non-hydrogen) atoms. The zero-order valence-electron chi connectivity index (χ0n) is 13.3. The molecule has 0 amide bonds. The molecular weight excluding hydrogens is 232 g/mol. The van der Waals surface area contributed by atoms with E-state index in [1.165, 1.54) is 11.3 Å². The Kier molecular flexibility index (Phi) is 3.91. The maximum atomic E-state index is 2.56. The Hall–Kier alpha value is -1.02. The molecule has 1 fully saturated rings. The van der Waals surface area contributed by atoms with Crippen molar-refractivity contribution in [2.24, 2.45) is 0 Å². The summed E-state index contributed by atoms with van der Waals surface area (Å²) in [4.78, 5) is 4.99. The molecular formula is C17H28N2. The van der Waals surface area contributed by atoms with E-state index in [1.807, 2.05) is 0 Å². The summed E-state index contributed by atoms with van der Waals surface area (Å²) < 4.78 is 0. The van der Waals surface area contributed by atoms with Gasteiger partial charge in [-0.15, -0.1) is 0 Å². The van der Waals surface area contributed by atoms with Crippen LogP contribution in [0.25, 0.3) is 0 Å². The molecule has 2 rings (SSSR count). The maximum absolute atomic E-state index is 2.56. The summed E-state index contributed by atoms with van der Waals surface area (Å²) in [5, 5.41) is 0. The highest BCUT2D eigenvalue weighted by molar-refractivity contribution is 5.51. The summed E-state index contributed by atoms with van der Waals surface area (Å²) in [6, 6.07) is 10.3. The van der Waals surface area contributed by atoms with Crippen LogP contribution in [-0.2, 0) is 5.41 Å². The highest BCUT2D eigenvalue weighted by atomic mass is 15.3. The fraction of sp³-hybridized carbons (Fsp3) is 0.647. The minimum absolute atomic E-state index is 0.234. The molecule has 2 nitrogen and oxygen atoms in total. The van der Waals surface area contributed by atoms with Gasteiger partial charge in [-0.05, 0) is 44.0 Å². The lowest BCUT2D eigenvalue weighted by molar-refractivity contribution is 0.240. The summed E-state index contributed by atoms with van der Waals surface area (Å²) in [5.74, 6) is 0. The monoisotopic (exact) mass is 260 g/mol. The van der Waals surface area contributed by atoms with E-state index >= 15 is 0 Å². The molecule has 1 aromatic rings. The molecule has 2 atom stereocenters. The fourth-order valence-electron chi connectivity index (χ4n) is 3.23. The van der Waals surface area contributed by atoms with E-state index < -0.39 is 0 Å². The number of anilines is 1. The van der Waals surface area contributed by atoms with Crippen molar-refractivity contribution in [2.45, 2.75) is 52.1 Å². The van der Waals surface area contributed by atoms with E-state index in [0.29, 0.717) is 12.1 Å². The molecule has 1 aromatic carbocycles. The molecule has 0 radical (unpaired) electrons. The minimum atomic E-state index is 0.234. The SMILES string of the molecule is CC1CN(C)CC(C)N1c1ccc(C(C)(C)C)cc1. The third-order valence-corrected chi connectivity index (χ3v) is 4.13. The summed E-state index contributed by atoms with van der Waals surface area (Å²) in [6.45, 7) is 13.7. The second kappa shape index (κ2) is 5.16. The quantitative estimate of drug-likeness (QED) is 0.762. The number of likely N-dealkylation sites (N-methyl/N-ethyl adjacent to an activating group) is 1. The second-order valence-corrected chi connectivity index (χ2v) is 7.12. The lowest BCUT2D eigenvalue weighted by Gasteiger charge is -2.45. The van der Waals surface area contributed by atoms with Gasteiger partial charge in [0.1, 0.15) is 0 Å². The Morgan fingerprint density at radius 2 is 1.42 bits per heavy atom. The largest absolute Gasteiger partial charge is 0.364 e. The van der Waals surface area contributed by atoms with Crippen LogP contribution in [0.4, 0.5) is 5.69 Å². The maximum Gasteiger partial charge on any atom is 0.0392 e. The second-order valence-electron chi connectivity index (χ2n) is 7.12. The van der Waals surface area contributed by atoms with E-state index in [4.69, 9.17) is 0 Å². The van der Waals surface area contributed by atoms with Gasteiger partial charge in [0, 0.05) is 30.9 Å². The molecule has 0 aliphatic carbocycles. The first-order chi connectivity index (χ1) is 8.79. The average molecular weight is 260 g/mol. The van der Waals surface area contributed by atoms with Crippen molar-refractivity contribution in [3.8, 4) is 0 Å². The van der Waals surface area contributed by atoms with Crippen molar-refractivity contribution in [3.63, 3.8) is 0 Å². The third kappa shape index (κ3) is 3.11. The van der Waals surface area contributed by atoms with Gasteiger partial charge in [0.15, 0.2) is 0 Å². The van der Waals surface area contributed by atoms with Gasteiger partial charge in [0.05, 0.1) is 0 Å². The zero-order valence-corrected chi connectivity index (χ0v) is 13.3. The van der Waals surface area contributed by atoms with Gasteiger partial charge in [-0.3, -0.25) is 0 Å². The predicted octanol–water partition coefficient (Wildman–Crippen LogP) is 3.51. The third-order valence-electron chi connectivity index (χ3n) is 4.13. The molecule has 0 N–H and O–H groups in total. The molecule has 2 unspecified atom stereocenters. The zero-order chi connectivity index (χ0) is 14.2. The summed E-state index contributed by atoms with van der Waals surface area (Å²) in [7, 11) is 2.22. The van der Waals surface area contributed by atoms with E-state index in [9.17, 15) is 0 Å². The summed E-state index contributed by atoms with van der Waals surface area (Å²) in [6.07, 6.45) is 0. The van der Waals surface area contributed by atoms with Crippen LogP contribution in [-0.4, -0.2) is 37.1 Å². The van der Waals surface area contributed by atoms with Crippen LogP contribution < -0.4 is 4.90 Å². The predicted molar refractivity (Wildman–Crippen MR) is 84.0 cm³/mol. The molecule has 0 bridgehead atoms. The van der Waals surface area contributed by atoms with Crippen LogP contribution in [0.15, 0.2) is 24.3 Å². The Balaban J connectivity index is 2.22. The molecule has 106 valence electrons. The van der Waals surface area contributed by atoms with Gasteiger partial charge < -0.3 is 9.80 Å². The molecule has 1 aliphatic rings. The van der Waals surface area contributed by atoms with E-state index in [0.717, 1.165) is 13.1 Å². The molecule has 0 spiro atoms. The Bertz CT molecular complexity index is 404. The first-order valence-electron chi connectivity index (χ1n) is 7.36. The lowest BCUT2D eigenvalue weighted by Crippen LogP contribution is -2.55. The van der Waals surface area contributed by atoms with E-state index in [1.54, 1.807) is 0 Å². The topological polar surface area (TPSA) is 6.48 Å². The molecule has 1 saturated heterocycles. The number of nitrogens with zero attached hydrogens (tertiary/aromatic N) is 2. The fourth-order valence-corrected chi connectivity index (χ4v) is 3.23. The number of rotatable bonds is 1. The van der Waals surface area contributed by atoms with Crippen LogP contribution in [0, 0.1) is 0 Å². The number of hydrogen-bond donors (Lipinski definition) is 0. The van der Waals surface area contributed by atoms with Gasteiger partial charge in [-0.1, -0.05) is 32.9 Å². The Morgan fingerprint density at radius 1 is 0.947 bits per heavy atom. The van der Waals surface area contributed by atoms with Gasteiger partial charge >= 0.3 is 0 Å².